The molecule has 0 spiro atoms. The molecule has 78 valence electrons. The van der Waals surface area contributed by atoms with E-state index in [0.29, 0.717) is 0 Å². The van der Waals surface area contributed by atoms with Crippen LogP contribution in [0.25, 0.3) is 6.08 Å². The summed E-state index contributed by atoms with van der Waals surface area (Å²) in [6.45, 7) is 2.25. The summed E-state index contributed by atoms with van der Waals surface area (Å²) in [6, 6.07) is 6.51. The molecule has 0 aliphatic heterocycles. The number of carbonyl (C=O) groups excluding carboxylic acids is 1. The highest BCUT2D eigenvalue weighted by molar-refractivity contribution is 5.74. The van der Waals surface area contributed by atoms with Crippen molar-refractivity contribution < 1.29 is 4.79 Å². The Morgan fingerprint density at radius 1 is 1.33 bits per heavy atom. The van der Waals surface area contributed by atoms with Gasteiger partial charge in [0.1, 0.15) is 6.29 Å². The van der Waals surface area contributed by atoms with Gasteiger partial charge in [0.2, 0.25) is 0 Å². The van der Waals surface area contributed by atoms with Crippen molar-refractivity contribution in [2.24, 2.45) is 5.92 Å². The number of fused-ring (bicyclic) bond motifs is 1. The highest BCUT2D eigenvalue weighted by Gasteiger charge is 2.19. The molecule has 1 atom stereocenters. The molecule has 2 rings (SSSR count). The lowest BCUT2D eigenvalue weighted by Gasteiger charge is -2.01. The van der Waals surface area contributed by atoms with Gasteiger partial charge in [-0.1, -0.05) is 37.6 Å². The molecule has 0 N–H and O–H groups in total. The molecule has 1 aromatic rings. The molecule has 0 bridgehead atoms. The van der Waals surface area contributed by atoms with Gasteiger partial charge in [0.05, 0.1) is 0 Å². The van der Waals surface area contributed by atoms with Gasteiger partial charge in [0, 0.05) is 0 Å². The predicted molar refractivity (Wildman–Crippen MR) is 62.7 cm³/mol. The van der Waals surface area contributed by atoms with E-state index in [0.717, 1.165) is 17.8 Å². The molecule has 1 nitrogen and oxygen atoms in total. The topological polar surface area (TPSA) is 17.1 Å². The molecule has 1 aromatic carbocycles. The number of rotatable bonds is 3. The molecule has 15 heavy (non-hydrogen) atoms. The van der Waals surface area contributed by atoms with Crippen molar-refractivity contribution in [3.05, 3.63) is 41.0 Å². The van der Waals surface area contributed by atoms with Crippen molar-refractivity contribution in [2.75, 3.05) is 0 Å². The van der Waals surface area contributed by atoms with Crippen molar-refractivity contribution in [3.8, 4) is 0 Å². The molecule has 0 heterocycles. The van der Waals surface area contributed by atoms with Crippen LogP contribution in [0.15, 0.2) is 24.3 Å². The Balaban J connectivity index is 2.22. The molecule has 0 amide bonds. The Bertz CT molecular complexity index is 390. The Kier molecular flexibility index (Phi) is 3.00. The normalized spacial score (nSPS) is 19.4. The largest absolute Gasteiger partial charge is 0.299 e. The van der Waals surface area contributed by atoms with Crippen molar-refractivity contribution in [2.45, 2.75) is 26.2 Å². The van der Waals surface area contributed by atoms with Gasteiger partial charge >= 0.3 is 0 Å². The molecule has 0 aromatic heterocycles. The van der Waals surface area contributed by atoms with E-state index < -0.39 is 0 Å². The minimum absolute atomic E-state index is 0.822. The summed E-state index contributed by atoms with van der Waals surface area (Å²) >= 11 is 0. The van der Waals surface area contributed by atoms with Crippen LogP contribution in [0.4, 0.5) is 0 Å². The van der Waals surface area contributed by atoms with E-state index in [4.69, 9.17) is 0 Å². The molecular formula is C14H16O. The third-order valence-electron chi connectivity index (χ3n) is 3.19. The first-order valence-corrected chi connectivity index (χ1v) is 5.57. The Labute approximate surface area is 90.8 Å². The zero-order chi connectivity index (χ0) is 10.7. The Morgan fingerprint density at radius 3 is 2.87 bits per heavy atom. The maximum absolute atomic E-state index is 10.2. The molecular weight excluding hydrogens is 184 g/mol. The lowest BCUT2D eigenvalue weighted by molar-refractivity contribution is -0.104. The van der Waals surface area contributed by atoms with Gasteiger partial charge < -0.3 is 0 Å². The minimum Gasteiger partial charge on any atom is -0.299 e. The van der Waals surface area contributed by atoms with Gasteiger partial charge in [-0.2, -0.15) is 0 Å². The number of hydrogen-bond donors (Lipinski definition) is 0. The number of carbonyl (C=O) groups is 1. The fourth-order valence-electron chi connectivity index (χ4n) is 2.27. The van der Waals surface area contributed by atoms with Crippen LogP contribution >= 0.6 is 0 Å². The molecule has 1 unspecified atom stereocenters. The van der Waals surface area contributed by atoms with Crippen molar-refractivity contribution in [1.29, 1.82) is 0 Å². The van der Waals surface area contributed by atoms with Crippen LogP contribution in [0.1, 0.15) is 30.0 Å². The van der Waals surface area contributed by atoms with Crippen molar-refractivity contribution in [1.82, 2.24) is 0 Å². The number of allylic oxidation sites excluding steroid dienone is 1. The molecule has 1 heteroatoms. The molecule has 0 fully saturated rings. The third-order valence-corrected chi connectivity index (χ3v) is 3.19. The monoisotopic (exact) mass is 200 g/mol. The van der Waals surface area contributed by atoms with Crippen LogP contribution in [-0.4, -0.2) is 6.29 Å². The zero-order valence-electron chi connectivity index (χ0n) is 9.07. The van der Waals surface area contributed by atoms with E-state index in [2.05, 4.69) is 25.1 Å². The van der Waals surface area contributed by atoms with E-state index in [-0.39, 0.29) is 0 Å². The maximum atomic E-state index is 10.2. The fraction of sp³-hybridized carbons (Fsp3) is 0.357. The summed E-state index contributed by atoms with van der Waals surface area (Å²) in [5.74, 6) is 0.824. The van der Waals surface area contributed by atoms with Gasteiger partial charge in [-0.25, -0.2) is 0 Å². The number of benzene rings is 1. The van der Waals surface area contributed by atoms with E-state index in [1.165, 1.54) is 30.4 Å². The molecule has 1 aliphatic carbocycles. The number of aldehydes is 1. The molecule has 1 aliphatic rings. The van der Waals surface area contributed by atoms with Gasteiger partial charge in [0.15, 0.2) is 0 Å². The van der Waals surface area contributed by atoms with Gasteiger partial charge in [-0.15, -0.1) is 0 Å². The Morgan fingerprint density at radius 2 is 2.13 bits per heavy atom. The smallest absolute Gasteiger partial charge is 0.142 e. The standard InChI is InChI=1S/C14H16O/c1-2-11-8-13-6-5-12(4-3-7-15)10-14(13)9-11/h3-7,10-11H,2,8-9H2,1H3. The van der Waals surface area contributed by atoms with Crippen molar-refractivity contribution in [3.63, 3.8) is 0 Å². The summed E-state index contributed by atoms with van der Waals surface area (Å²) < 4.78 is 0. The SMILES string of the molecule is CCC1Cc2ccc(C=CC=O)cc2C1. The van der Waals surface area contributed by atoms with Crippen LogP contribution in [0, 0.1) is 5.92 Å². The zero-order valence-corrected chi connectivity index (χ0v) is 9.07. The minimum atomic E-state index is 0.822. The van der Waals surface area contributed by atoms with Crippen LogP contribution in [0.3, 0.4) is 0 Å². The van der Waals surface area contributed by atoms with Crippen LogP contribution in [0.2, 0.25) is 0 Å². The second kappa shape index (κ2) is 4.43. The molecule has 0 radical (unpaired) electrons. The first-order valence-electron chi connectivity index (χ1n) is 5.57. The predicted octanol–water partition coefficient (Wildman–Crippen LogP) is 3.02. The van der Waals surface area contributed by atoms with E-state index >= 15 is 0 Å². The lowest BCUT2D eigenvalue weighted by atomic mass is 10.0. The lowest BCUT2D eigenvalue weighted by Crippen LogP contribution is -1.95. The van der Waals surface area contributed by atoms with E-state index in [1.807, 2.05) is 6.08 Å². The van der Waals surface area contributed by atoms with Gasteiger partial charge in [-0.3, -0.25) is 4.79 Å². The highest BCUT2D eigenvalue weighted by Crippen LogP contribution is 2.29. The summed E-state index contributed by atoms with van der Waals surface area (Å²) in [7, 11) is 0. The fourth-order valence-corrected chi connectivity index (χ4v) is 2.27. The van der Waals surface area contributed by atoms with E-state index in [9.17, 15) is 4.79 Å². The Hall–Kier alpha value is -1.37. The second-order valence-corrected chi connectivity index (χ2v) is 4.21. The summed E-state index contributed by atoms with van der Waals surface area (Å²) in [6.07, 6.45) is 7.93. The average Bonchev–Trinajstić information content (AvgIpc) is 2.68. The summed E-state index contributed by atoms with van der Waals surface area (Å²) in [4.78, 5) is 10.2. The van der Waals surface area contributed by atoms with Gasteiger partial charge in [-0.05, 0) is 41.5 Å². The number of hydrogen-bond acceptors (Lipinski definition) is 1. The first kappa shape index (κ1) is 10.2. The summed E-state index contributed by atoms with van der Waals surface area (Å²) in [5, 5.41) is 0. The maximum Gasteiger partial charge on any atom is 0.142 e. The second-order valence-electron chi connectivity index (χ2n) is 4.21. The molecule has 0 saturated carbocycles. The quantitative estimate of drug-likeness (QED) is 0.541. The first-order chi connectivity index (χ1) is 7.33. The highest BCUT2D eigenvalue weighted by atomic mass is 16.1. The third kappa shape index (κ3) is 2.17. The molecule has 0 saturated heterocycles. The average molecular weight is 200 g/mol. The van der Waals surface area contributed by atoms with Gasteiger partial charge in [0.25, 0.3) is 0 Å². The van der Waals surface area contributed by atoms with Crippen LogP contribution < -0.4 is 0 Å². The van der Waals surface area contributed by atoms with Crippen LogP contribution in [0.5, 0.6) is 0 Å². The van der Waals surface area contributed by atoms with Crippen molar-refractivity contribution >= 4 is 12.4 Å². The van der Waals surface area contributed by atoms with E-state index in [1.54, 1.807) is 6.08 Å². The summed E-state index contributed by atoms with van der Waals surface area (Å²) in [5.41, 5.74) is 4.10. The van der Waals surface area contributed by atoms with Crippen LogP contribution in [-0.2, 0) is 17.6 Å².